The highest BCUT2D eigenvalue weighted by Crippen LogP contribution is 2.19. The molecule has 0 aromatic carbocycles. The summed E-state index contributed by atoms with van der Waals surface area (Å²) in [6.45, 7) is 4.16. The number of carboxylic acids is 2. The maximum Gasteiger partial charge on any atom is 0.305 e. The Hall–Kier alpha value is -4.32. The van der Waals surface area contributed by atoms with Crippen LogP contribution in [0.4, 0.5) is 0 Å². The lowest BCUT2D eigenvalue weighted by atomic mass is 10.0. The van der Waals surface area contributed by atoms with Gasteiger partial charge < -0.3 is 53.0 Å². The summed E-state index contributed by atoms with van der Waals surface area (Å²) in [6, 6.07) is -7.86. The van der Waals surface area contributed by atoms with Crippen molar-refractivity contribution >= 4 is 47.4 Å². The Morgan fingerprint density at radius 3 is 1.98 bits per heavy atom. The number of aliphatic carboxylic acids is 2. The van der Waals surface area contributed by atoms with Gasteiger partial charge >= 0.3 is 11.9 Å². The van der Waals surface area contributed by atoms with Gasteiger partial charge in [-0.1, -0.05) is 13.8 Å². The van der Waals surface area contributed by atoms with Crippen molar-refractivity contribution in [3.8, 4) is 0 Å². The third-order valence-electron chi connectivity index (χ3n) is 6.77. The Balaban J connectivity index is 2.88. The van der Waals surface area contributed by atoms with E-state index >= 15 is 0 Å². The summed E-state index contributed by atoms with van der Waals surface area (Å²) < 4.78 is 0. The molecule has 248 valence electrons. The molecule has 1 saturated heterocycles. The molecule has 44 heavy (non-hydrogen) atoms. The summed E-state index contributed by atoms with van der Waals surface area (Å²) in [5.74, 6) is -7.78. The number of nitrogens with one attached hydrogen (secondary N) is 4. The van der Waals surface area contributed by atoms with Gasteiger partial charge in [-0.25, -0.2) is 0 Å². The van der Waals surface area contributed by atoms with Crippen LogP contribution in [0.5, 0.6) is 0 Å². The van der Waals surface area contributed by atoms with Crippen molar-refractivity contribution in [2.75, 3.05) is 13.2 Å². The zero-order valence-electron chi connectivity index (χ0n) is 24.9. The molecule has 1 heterocycles. The van der Waals surface area contributed by atoms with Gasteiger partial charge in [0, 0.05) is 13.0 Å². The predicted molar refractivity (Wildman–Crippen MR) is 151 cm³/mol. The van der Waals surface area contributed by atoms with E-state index in [9.17, 15) is 43.5 Å². The maximum atomic E-state index is 13.2. The molecule has 0 spiro atoms. The predicted octanol–water partition coefficient (Wildman–Crippen LogP) is -3.87. The van der Waals surface area contributed by atoms with Crippen LogP contribution in [0.2, 0.25) is 0 Å². The Labute approximate surface area is 253 Å². The van der Waals surface area contributed by atoms with Gasteiger partial charge in [0.15, 0.2) is 0 Å². The maximum absolute atomic E-state index is 13.2. The third kappa shape index (κ3) is 12.1. The molecule has 6 atom stereocenters. The number of nitrogens with zero attached hydrogens (tertiary/aromatic N) is 1. The second-order valence-electron chi connectivity index (χ2n) is 11.0. The third-order valence-corrected chi connectivity index (χ3v) is 6.77. The van der Waals surface area contributed by atoms with Crippen LogP contribution in [-0.4, -0.2) is 117 Å². The molecule has 0 bridgehead atoms. The van der Waals surface area contributed by atoms with E-state index < -0.39 is 103 Å². The van der Waals surface area contributed by atoms with Gasteiger partial charge in [-0.05, 0) is 38.5 Å². The molecule has 0 saturated carbocycles. The smallest absolute Gasteiger partial charge is 0.305 e. The summed E-state index contributed by atoms with van der Waals surface area (Å²) >= 11 is 0. The van der Waals surface area contributed by atoms with Crippen molar-refractivity contribution in [3.05, 3.63) is 0 Å². The number of aliphatic hydroxyl groups is 1. The number of rotatable bonds is 18. The second kappa shape index (κ2) is 17.7. The number of hydrogen-bond acceptors (Lipinski definition) is 10. The quantitative estimate of drug-likeness (QED) is 0.0703. The van der Waals surface area contributed by atoms with Crippen molar-refractivity contribution in [3.63, 3.8) is 0 Å². The summed E-state index contributed by atoms with van der Waals surface area (Å²) in [4.78, 5) is 98.9. The lowest BCUT2D eigenvalue weighted by molar-refractivity contribution is -0.143. The monoisotopic (exact) mass is 629 g/mol. The fourth-order valence-corrected chi connectivity index (χ4v) is 4.42. The fraction of sp³-hybridized carbons (Fsp3) is 0.692. The van der Waals surface area contributed by atoms with E-state index in [1.54, 1.807) is 0 Å². The molecule has 6 amide bonds. The van der Waals surface area contributed by atoms with Gasteiger partial charge in [0.25, 0.3) is 0 Å². The highest BCUT2D eigenvalue weighted by atomic mass is 16.4. The zero-order valence-corrected chi connectivity index (χ0v) is 24.9. The van der Waals surface area contributed by atoms with Gasteiger partial charge in [-0.3, -0.25) is 38.4 Å². The van der Waals surface area contributed by atoms with E-state index in [1.807, 2.05) is 13.8 Å². The first-order valence-electron chi connectivity index (χ1n) is 14.1. The average molecular weight is 630 g/mol. The van der Waals surface area contributed by atoms with Gasteiger partial charge in [0.1, 0.15) is 30.2 Å². The highest BCUT2D eigenvalue weighted by molar-refractivity contribution is 5.97. The second-order valence-corrected chi connectivity index (χ2v) is 11.0. The number of amides is 6. The summed E-state index contributed by atoms with van der Waals surface area (Å²) in [6.07, 6.45) is -0.622. The van der Waals surface area contributed by atoms with E-state index in [1.165, 1.54) is 11.8 Å². The minimum absolute atomic E-state index is 0.0441. The van der Waals surface area contributed by atoms with Gasteiger partial charge in [-0.2, -0.15) is 0 Å². The average Bonchev–Trinajstić information content (AvgIpc) is 3.42. The molecule has 18 heteroatoms. The van der Waals surface area contributed by atoms with Crippen LogP contribution in [0, 0.1) is 5.92 Å². The van der Waals surface area contributed by atoms with E-state index in [0.29, 0.717) is 6.42 Å². The molecule has 1 aliphatic heterocycles. The van der Waals surface area contributed by atoms with Crippen LogP contribution in [0.25, 0.3) is 0 Å². The standard InChI is InChI=1S/C26H43N7O11/c1-12(2)9-15(21(28)39)30-25(43)18-5-4-8-33(18)26(44)17(11-34)32-22(40)13(3)29-24(42)16(10-20(37)38)31-23(41)14(27)6-7-19(35)36/h12-18,34H,4-11,27H2,1-3H3,(H2,28,39)(H,29,42)(H,30,43)(H,31,41)(H,32,40)(H,35,36)(H,37,38)/t13-,14-,15-,16-,17-,18-/m0/s1. The van der Waals surface area contributed by atoms with Crippen LogP contribution < -0.4 is 32.7 Å². The van der Waals surface area contributed by atoms with Gasteiger partial charge in [0.2, 0.25) is 35.4 Å². The molecule has 0 aromatic heterocycles. The Morgan fingerprint density at radius 2 is 1.45 bits per heavy atom. The lowest BCUT2D eigenvalue weighted by Gasteiger charge is -2.29. The first kappa shape index (κ1) is 37.7. The largest absolute Gasteiger partial charge is 0.481 e. The summed E-state index contributed by atoms with van der Waals surface area (Å²) in [5.41, 5.74) is 11.0. The summed E-state index contributed by atoms with van der Waals surface area (Å²) in [7, 11) is 0. The normalized spacial score (nSPS) is 17.9. The number of primary amides is 1. The van der Waals surface area contributed by atoms with E-state index in [0.717, 1.165) is 0 Å². The molecule has 11 N–H and O–H groups in total. The van der Waals surface area contributed by atoms with Crippen LogP contribution >= 0.6 is 0 Å². The molecule has 18 nitrogen and oxygen atoms in total. The molecule has 0 radical (unpaired) electrons. The van der Waals surface area contributed by atoms with Crippen molar-refractivity contribution in [2.45, 2.75) is 95.5 Å². The first-order chi connectivity index (χ1) is 20.5. The molecule has 0 aromatic rings. The molecule has 1 rings (SSSR count). The number of carbonyl (C=O) groups excluding carboxylic acids is 6. The van der Waals surface area contributed by atoms with E-state index in [2.05, 4.69) is 21.3 Å². The highest BCUT2D eigenvalue weighted by Gasteiger charge is 2.39. The molecule has 0 aliphatic carbocycles. The van der Waals surface area contributed by atoms with Crippen LogP contribution in [0.15, 0.2) is 0 Å². The van der Waals surface area contributed by atoms with Gasteiger partial charge in [0.05, 0.1) is 19.1 Å². The Kier molecular flexibility index (Phi) is 15.2. The van der Waals surface area contributed by atoms with Crippen molar-refractivity contribution in [1.29, 1.82) is 0 Å². The van der Waals surface area contributed by atoms with Crippen molar-refractivity contribution in [2.24, 2.45) is 17.4 Å². The topological polar surface area (TPSA) is 301 Å². The first-order valence-corrected chi connectivity index (χ1v) is 14.1. The van der Waals surface area contributed by atoms with Crippen molar-refractivity contribution in [1.82, 2.24) is 26.2 Å². The number of aliphatic hydroxyl groups excluding tert-OH is 1. The molecule has 0 unspecified atom stereocenters. The van der Waals surface area contributed by atoms with Crippen LogP contribution in [-0.2, 0) is 38.4 Å². The van der Waals surface area contributed by atoms with Crippen LogP contribution in [0.3, 0.4) is 0 Å². The Bertz CT molecular complexity index is 1100. The van der Waals surface area contributed by atoms with Crippen molar-refractivity contribution < 1.29 is 53.7 Å². The number of likely N-dealkylation sites (tertiary alicyclic amines) is 1. The summed E-state index contributed by atoms with van der Waals surface area (Å²) in [5, 5.41) is 36.9. The lowest BCUT2D eigenvalue weighted by Crippen LogP contribution is -2.59. The molecule has 1 aliphatic rings. The number of nitrogens with two attached hydrogens (primary N) is 2. The van der Waals surface area contributed by atoms with E-state index in [4.69, 9.17) is 21.7 Å². The number of carboxylic acid groups (broad SMARTS) is 2. The van der Waals surface area contributed by atoms with Gasteiger partial charge in [-0.15, -0.1) is 0 Å². The SMILES string of the molecule is CC(C)C[C@H](NC(=O)[C@@H]1CCCN1C(=O)[C@H](CO)NC(=O)[C@H](C)NC(=O)[C@H](CC(=O)O)NC(=O)[C@@H](N)CCC(=O)O)C(N)=O. The molecular formula is C26H43N7O11. The minimum atomic E-state index is -1.68. The number of carbonyl (C=O) groups is 8. The van der Waals surface area contributed by atoms with E-state index in [-0.39, 0.29) is 31.7 Å². The molecule has 1 fully saturated rings. The molecular weight excluding hydrogens is 586 g/mol. The Morgan fingerprint density at radius 1 is 0.841 bits per heavy atom. The zero-order chi connectivity index (χ0) is 33.7. The van der Waals surface area contributed by atoms with Crippen LogP contribution in [0.1, 0.15) is 59.3 Å². The fourth-order valence-electron chi connectivity index (χ4n) is 4.42. The minimum Gasteiger partial charge on any atom is -0.481 e. The number of hydrogen-bond donors (Lipinski definition) is 9.